The molecule has 116 valence electrons. The molecule has 1 N–H and O–H groups in total. The maximum Gasteiger partial charge on any atom is 0.248 e. The van der Waals surface area contributed by atoms with Gasteiger partial charge in [0.2, 0.25) is 11.8 Å². The monoisotopic (exact) mass is 306 g/mol. The lowest BCUT2D eigenvalue weighted by molar-refractivity contribution is -0.118. The van der Waals surface area contributed by atoms with Gasteiger partial charge in [0.1, 0.15) is 0 Å². The highest BCUT2D eigenvalue weighted by Crippen LogP contribution is 2.29. The molecule has 0 saturated carbocycles. The Morgan fingerprint density at radius 3 is 2.70 bits per heavy atom. The number of amides is 2. The van der Waals surface area contributed by atoms with E-state index in [1.807, 2.05) is 48.5 Å². The van der Waals surface area contributed by atoms with E-state index in [-0.39, 0.29) is 11.8 Å². The van der Waals surface area contributed by atoms with Gasteiger partial charge in [-0.3, -0.25) is 9.59 Å². The summed E-state index contributed by atoms with van der Waals surface area (Å²) in [5.74, 6) is -0.0471. The molecular weight excluding hydrogens is 288 g/mol. The van der Waals surface area contributed by atoms with E-state index in [1.165, 1.54) is 6.08 Å². The van der Waals surface area contributed by atoms with E-state index in [0.29, 0.717) is 12.8 Å². The Morgan fingerprint density at radius 2 is 1.91 bits per heavy atom. The first-order valence-corrected chi connectivity index (χ1v) is 7.57. The number of benzene rings is 2. The number of hydrogen-bond acceptors (Lipinski definition) is 2. The molecule has 23 heavy (non-hydrogen) atoms. The normalized spacial score (nSPS) is 14.0. The number of carbonyl (C=O) groups excluding carboxylic acids is 2. The smallest absolute Gasteiger partial charge is 0.248 e. The third-order valence-corrected chi connectivity index (χ3v) is 3.92. The van der Waals surface area contributed by atoms with E-state index in [0.717, 1.165) is 22.5 Å². The molecule has 0 atom stereocenters. The Kier molecular flexibility index (Phi) is 4.24. The molecule has 1 aliphatic heterocycles. The van der Waals surface area contributed by atoms with Crippen LogP contribution < -0.4 is 10.2 Å². The molecule has 0 radical (unpaired) electrons. The molecule has 4 nitrogen and oxygen atoms in total. The number of nitrogens with zero attached hydrogens (tertiary/aromatic N) is 1. The van der Waals surface area contributed by atoms with E-state index in [4.69, 9.17) is 0 Å². The van der Waals surface area contributed by atoms with Crippen molar-refractivity contribution in [2.24, 2.45) is 0 Å². The molecule has 4 heteroatoms. The molecule has 0 bridgehead atoms. The molecule has 2 aromatic rings. The van der Waals surface area contributed by atoms with Crippen LogP contribution in [0.4, 0.5) is 11.4 Å². The fraction of sp³-hybridized carbons (Fsp3) is 0.158. The van der Waals surface area contributed by atoms with Gasteiger partial charge in [0.15, 0.2) is 0 Å². The molecule has 3 rings (SSSR count). The Morgan fingerprint density at radius 1 is 1.13 bits per heavy atom. The van der Waals surface area contributed by atoms with E-state index >= 15 is 0 Å². The van der Waals surface area contributed by atoms with Crippen molar-refractivity contribution >= 4 is 29.3 Å². The van der Waals surface area contributed by atoms with Gasteiger partial charge in [0.05, 0.1) is 0 Å². The number of anilines is 2. The van der Waals surface area contributed by atoms with Crippen LogP contribution in [0.5, 0.6) is 0 Å². The predicted molar refractivity (Wildman–Crippen MR) is 92.3 cm³/mol. The molecule has 2 amide bonds. The van der Waals surface area contributed by atoms with Gasteiger partial charge in [-0.25, -0.2) is 0 Å². The second kappa shape index (κ2) is 6.48. The number of hydrogen-bond donors (Lipinski definition) is 1. The first kappa shape index (κ1) is 15.0. The summed E-state index contributed by atoms with van der Waals surface area (Å²) >= 11 is 0. The highest BCUT2D eigenvalue weighted by molar-refractivity contribution is 6.02. The summed E-state index contributed by atoms with van der Waals surface area (Å²) in [5.41, 5.74) is 3.72. The van der Waals surface area contributed by atoms with Gasteiger partial charge in [0, 0.05) is 30.9 Å². The quantitative estimate of drug-likeness (QED) is 0.885. The molecule has 0 aliphatic carbocycles. The van der Waals surface area contributed by atoms with Gasteiger partial charge in [-0.15, -0.1) is 0 Å². The maximum atomic E-state index is 12.0. The minimum atomic E-state index is -0.172. The number of nitrogens with one attached hydrogen (secondary N) is 1. The number of rotatable bonds is 3. The van der Waals surface area contributed by atoms with Crippen LogP contribution in [0.3, 0.4) is 0 Å². The van der Waals surface area contributed by atoms with Gasteiger partial charge >= 0.3 is 0 Å². The average molecular weight is 306 g/mol. The Balaban J connectivity index is 1.70. The molecule has 2 aromatic carbocycles. The largest absolute Gasteiger partial charge is 0.323 e. The Bertz CT molecular complexity index is 766. The van der Waals surface area contributed by atoms with Crippen molar-refractivity contribution in [3.8, 4) is 0 Å². The molecule has 0 fully saturated rings. The zero-order valence-electron chi connectivity index (χ0n) is 13.0. The molecule has 0 spiro atoms. The van der Waals surface area contributed by atoms with Gasteiger partial charge in [-0.2, -0.15) is 0 Å². The average Bonchev–Trinajstić information content (AvgIpc) is 2.57. The van der Waals surface area contributed by atoms with Crippen molar-refractivity contribution in [1.82, 2.24) is 0 Å². The summed E-state index contributed by atoms with van der Waals surface area (Å²) in [7, 11) is 1.78. The lowest BCUT2D eigenvalue weighted by Crippen LogP contribution is -2.31. The van der Waals surface area contributed by atoms with Gasteiger partial charge < -0.3 is 10.2 Å². The number of carbonyl (C=O) groups is 2. The summed E-state index contributed by atoms with van der Waals surface area (Å²) in [4.78, 5) is 25.4. The lowest BCUT2D eigenvalue weighted by Gasteiger charge is -2.26. The molecule has 0 unspecified atom stereocenters. The van der Waals surface area contributed by atoms with Gasteiger partial charge in [-0.1, -0.05) is 30.3 Å². The zero-order chi connectivity index (χ0) is 16.2. The van der Waals surface area contributed by atoms with E-state index in [2.05, 4.69) is 5.32 Å². The highest BCUT2D eigenvalue weighted by Gasteiger charge is 2.20. The molecule has 0 saturated heterocycles. The molecule has 0 aromatic heterocycles. The third-order valence-electron chi connectivity index (χ3n) is 3.92. The molecule has 1 heterocycles. The van der Waals surface area contributed by atoms with Crippen LogP contribution in [0, 0.1) is 0 Å². The van der Waals surface area contributed by atoms with Crippen molar-refractivity contribution in [2.45, 2.75) is 12.8 Å². The fourth-order valence-electron chi connectivity index (χ4n) is 2.65. The van der Waals surface area contributed by atoms with Gasteiger partial charge in [0.25, 0.3) is 0 Å². The topological polar surface area (TPSA) is 49.4 Å². The summed E-state index contributed by atoms with van der Waals surface area (Å²) in [6.07, 6.45) is 4.52. The third kappa shape index (κ3) is 3.48. The van der Waals surface area contributed by atoms with Crippen molar-refractivity contribution in [3.63, 3.8) is 0 Å². The van der Waals surface area contributed by atoms with Crippen LogP contribution >= 0.6 is 0 Å². The van der Waals surface area contributed by atoms with Crippen LogP contribution in [0.2, 0.25) is 0 Å². The number of aryl methyl sites for hydroxylation is 1. The van der Waals surface area contributed by atoms with E-state index < -0.39 is 0 Å². The summed E-state index contributed by atoms with van der Waals surface area (Å²) in [6.45, 7) is 0. The summed E-state index contributed by atoms with van der Waals surface area (Å²) in [5, 5.41) is 2.86. The SMILES string of the molecule is CN1C(=O)CCc2cc(NC(=O)/C=C/c3ccccc3)ccc21. The zero-order valence-corrected chi connectivity index (χ0v) is 13.0. The Labute approximate surface area is 135 Å². The maximum absolute atomic E-state index is 12.0. The van der Waals surface area contributed by atoms with Crippen LogP contribution in [0.1, 0.15) is 17.5 Å². The van der Waals surface area contributed by atoms with Crippen LogP contribution in [-0.2, 0) is 16.0 Å². The van der Waals surface area contributed by atoms with E-state index in [1.54, 1.807) is 18.0 Å². The predicted octanol–water partition coefficient (Wildman–Crippen LogP) is 3.25. The molecule has 1 aliphatic rings. The first-order valence-electron chi connectivity index (χ1n) is 7.57. The second-order valence-electron chi connectivity index (χ2n) is 5.53. The fourth-order valence-corrected chi connectivity index (χ4v) is 2.65. The van der Waals surface area contributed by atoms with E-state index in [9.17, 15) is 9.59 Å². The lowest BCUT2D eigenvalue weighted by atomic mass is 10.0. The van der Waals surface area contributed by atoms with Gasteiger partial charge in [-0.05, 0) is 41.8 Å². The standard InChI is InChI=1S/C19H18N2O2/c1-21-17-10-9-16(13-15(17)8-12-19(21)23)20-18(22)11-7-14-5-3-2-4-6-14/h2-7,9-11,13H,8,12H2,1H3,(H,20,22)/b11-7+. The second-order valence-corrected chi connectivity index (χ2v) is 5.53. The highest BCUT2D eigenvalue weighted by atomic mass is 16.2. The minimum absolute atomic E-state index is 0.125. The summed E-state index contributed by atoms with van der Waals surface area (Å²) < 4.78 is 0. The molecular formula is C19H18N2O2. The van der Waals surface area contributed by atoms with Crippen LogP contribution in [-0.4, -0.2) is 18.9 Å². The number of fused-ring (bicyclic) bond motifs is 1. The summed E-state index contributed by atoms with van der Waals surface area (Å²) in [6, 6.07) is 15.3. The van der Waals surface area contributed by atoms with Crippen molar-refractivity contribution in [2.75, 3.05) is 17.3 Å². The van der Waals surface area contributed by atoms with Crippen LogP contribution in [0.25, 0.3) is 6.08 Å². The van der Waals surface area contributed by atoms with Crippen molar-refractivity contribution in [1.29, 1.82) is 0 Å². The first-order chi connectivity index (χ1) is 11.1. The Hall–Kier alpha value is -2.88. The van der Waals surface area contributed by atoms with Crippen LogP contribution in [0.15, 0.2) is 54.6 Å². The van der Waals surface area contributed by atoms with Crippen molar-refractivity contribution in [3.05, 3.63) is 65.7 Å². The van der Waals surface area contributed by atoms with Crippen molar-refractivity contribution < 1.29 is 9.59 Å². The minimum Gasteiger partial charge on any atom is -0.323 e.